The number of nitrogens with zero attached hydrogens (tertiary/aromatic N) is 2. The number of carbonyl (C=O) groups excluding carboxylic acids is 3. The number of amides is 2. The van der Waals surface area contributed by atoms with Crippen molar-refractivity contribution < 1.29 is 24.2 Å². The van der Waals surface area contributed by atoms with Crippen molar-refractivity contribution in [2.75, 3.05) is 32.8 Å². The Bertz CT molecular complexity index is 759. The van der Waals surface area contributed by atoms with Crippen LogP contribution in [0.5, 0.6) is 0 Å². The minimum absolute atomic E-state index is 0.00891. The van der Waals surface area contributed by atoms with E-state index in [1.54, 1.807) is 28.8 Å². The second kappa shape index (κ2) is 11.6. The van der Waals surface area contributed by atoms with Crippen LogP contribution in [0.3, 0.4) is 0 Å². The molecule has 1 N–H and O–H groups in total. The van der Waals surface area contributed by atoms with Gasteiger partial charge in [-0.2, -0.15) is 0 Å². The van der Waals surface area contributed by atoms with Crippen LogP contribution in [0.2, 0.25) is 0 Å². The summed E-state index contributed by atoms with van der Waals surface area (Å²) in [4.78, 5) is 43.8. The van der Waals surface area contributed by atoms with E-state index in [9.17, 15) is 19.5 Å². The van der Waals surface area contributed by atoms with E-state index < -0.39 is 22.6 Å². The standard InChI is InChI=1S/C25H38N2O5S/c1-4-7-9-14-26(13-6-3)23(30)21-25-12-11-18(33-25)19(24(31)32-17-10-8-5-2)20(25)22(29)27(21)15-16-28/h5-6,18-21,28H,2-4,7-17H2,1H3/t18-,19+,20+,21?,25?/m1/s1. The number of ether oxygens (including phenoxy) is 1. The Labute approximate surface area is 201 Å². The molecule has 0 aliphatic carbocycles. The van der Waals surface area contributed by atoms with E-state index in [-0.39, 0.29) is 36.2 Å². The maximum Gasteiger partial charge on any atom is 0.310 e. The van der Waals surface area contributed by atoms with Crippen molar-refractivity contribution in [3.05, 3.63) is 25.3 Å². The molecule has 2 unspecified atom stereocenters. The number of esters is 1. The summed E-state index contributed by atoms with van der Waals surface area (Å²) in [6.07, 6.45) is 9.44. The predicted molar refractivity (Wildman–Crippen MR) is 130 cm³/mol. The lowest BCUT2D eigenvalue weighted by Crippen LogP contribution is -2.55. The number of aliphatic hydroxyl groups is 1. The lowest BCUT2D eigenvalue weighted by molar-refractivity contribution is -0.154. The second-order valence-electron chi connectivity index (χ2n) is 9.19. The van der Waals surface area contributed by atoms with Gasteiger partial charge in [-0.05, 0) is 32.1 Å². The van der Waals surface area contributed by atoms with E-state index in [4.69, 9.17) is 4.74 Å². The predicted octanol–water partition coefficient (Wildman–Crippen LogP) is 2.78. The summed E-state index contributed by atoms with van der Waals surface area (Å²) < 4.78 is 4.91. The van der Waals surface area contributed by atoms with E-state index in [2.05, 4.69) is 20.1 Å². The van der Waals surface area contributed by atoms with E-state index in [0.29, 0.717) is 32.5 Å². The van der Waals surface area contributed by atoms with Gasteiger partial charge in [-0.1, -0.05) is 31.9 Å². The van der Waals surface area contributed by atoms with Gasteiger partial charge in [0.15, 0.2) is 0 Å². The minimum Gasteiger partial charge on any atom is -0.465 e. The van der Waals surface area contributed by atoms with Crippen molar-refractivity contribution in [3.63, 3.8) is 0 Å². The minimum atomic E-state index is -0.669. The van der Waals surface area contributed by atoms with Gasteiger partial charge in [0.25, 0.3) is 0 Å². The number of fused-ring (bicyclic) bond motifs is 1. The summed E-state index contributed by atoms with van der Waals surface area (Å²) in [6, 6.07) is -0.669. The van der Waals surface area contributed by atoms with Crippen LogP contribution in [-0.2, 0) is 19.1 Å². The first-order valence-electron chi connectivity index (χ1n) is 12.2. The zero-order valence-electron chi connectivity index (χ0n) is 19.7. The summed E-state index contributed by atoms with van der Waals surface area (Å²) in [7, 11) is 0. The summed E-state index contributed by atoms with van der Waals surface area (Å²) in [5.74, 6) is -1.73. The van der Waals surface area contributed by atoms with Gasteiger partial charge in [0.1, 0.15) is 6.04 Å². The molecule has 2 amide bonds. The summed E-state index contributed by atoms with van der Waals surface area (Å²) in [5, 5.41) is 9.68. The first-order valence-corrected chi connectivity index (χ1v) is 13.1. The molecule has 0 aromatic heterocycles. The van der Waals surface area contributed by atoms with Gasteiger partial charge in [0, 0.05) is 24.9 Å². The number of hydrogen-bond acceptors (Lipinski definition) is 6. The highest BCUT2D eigenvalue weighted by Crippen LogP contribution is 2.66. The van der Waals surface area contributed by atoms with E-state index >= 15 is 0 Å². The summed E-state index contributed by atoms with van der Waals surface area (Å²) in [6.45, 7) is 10.8. The SMILES string of the molecule is C=CCCCOC(=O)[C@@H]1[C@H]2C(=O)N(CCO)C(C(=O)N(CC=C)CCCCC)C23CC[C@H]1S3. The third kappa shape index (κ3) is 4.87. The van der Waals surface area contributed by atoms with Crippen molar-refractivity contribution in [3.8, 4) is 0 Å². The van der Waals surface area contributed by atoms with E-state index in [1.165, 1.54) is 4.90 Å². The van der Waals surface area contributed by atoms with Crippen molar-refractivity contribution >= 4 is 29.5 Å². The third-order valence-corrected chi connectivity index (χ3v) is 9.09. The molecule has 3 aliphatic heterocycles. The van der Waals surface area contributed by atoms with Gasteiger partial charge >= 0.3 is 5.97 Å². The third-order valence-electron chi connectivity index (χ3n) is 7.14. The molecule has 5 atom stereocenters. The first-order chi connectivity index (χ1) is 16.0. The highest BCUT2D eigenvalue weighted by Gasteiger charge is 2.74. The lowest BCUT2D eigenvalue weighted by atomic mass is 9.71. The van der Waals surface area contributed by atoms with Crippen LogP contribution in [0.1, 0.15) is 51.9 Å². The number of unbranched alkanes of at least 4 members (excludes halogenated alkanes) is 3. The second-order valence-corrected chi connectivity index (χ2v) is 10.8. The Morgan fingerprint density at radius 1 is 1.30 bits per heavy atom. The molecule has 8 heteroatoms. The topological polar surface area (TPSA) is 87.1 Å². The smallest absolute Gasteiger partial charge is 0.310 e. The number of β-amino-alcohol motifs (C(OH)–C–C–N with tert-alkyl or cyclic N) is 1. The fraction of sp³-hybridized carbons (Fsp3) is 0.720. The average molecular weight is 479 g/mol. The average Bonchev–Trinajstić information content (AvgIpc) is 3.44. The molecule has 0 radical (unpaired) electrons. The van der Waals surface area contributed by atoms with Gasteiger partial charge in [-0.25, -0.2) is 0 Å². The zero-order valence-corrected chi connectivity index (χ0v) is 20.6. The number of thioether (sulfide) groups is 1. The highest BCUT2D eigenvalue weighted by molar-refractivity contribution is 8.02. The fourth-order valence-corrected chi connectivity index (χ4v) is 7.92. The van der Waals surface area contributed by atoms with Crippen LogP contribution >= 0.6 is 11.8 Å². The molecule has 3 fully saturated rings. The van der Waals surface area contributed by atoms with Crippen molar-refractivity contribution in [2.24, 2.45) is 11.8 Å². The lowest BCUT2D eigenvalue weighted by Gasteiger charge is -2.37. The molecule has 0 aromatic rings. The van der Waals surface area contributed by atoms with Crippen LogP contribution in [0.4, 0.5) is 0 Å². The number of likely N-dealkylation sites (tertiary alicyclic amines) is 1. The quantitative estimate of drug-likeness (QED) is 0.235. The van der Waals surface area contributed by atoms with E-state index in [0.717, 1.165) is 32.1 Å². The molecule has 7 nitrogen and oxygen atoms in total. The number of carbonyl (C=O) groups is 3. The molecule has 33 heavy (non-hydrogen) atoms. The number of allylic oxidation sites excluding steroid dienone is 1. The molecular formula is C25H38N2O5S. The van der Waals surface area contributed by atoms with Gasteiger partial charge in [0.2, 0.25) is 11.8 Å². The van der Waals surface area contributed by atoms with Crippen LogP contribution < -0.4 is 0 Å². The van der Waals surface area contributed by atoms with Crippen molar-refractivity contribution in [1.82, 2.24) is 9.80 Å². The van der Waals surface area contributed by atoms with Crippen molar-refractivity contribution in [1.29, 1.82) is 0 Å². The van der Waals surface area contributed by atoms with Gasteiger partial charge in [-0.3, -0.25) is 14.4 Å². The number of rotatable bonds is 14. The molecule has 3 saturated heterocycles. The number of aliphatic hydroxyl groups excluding tert-OH is 1. The van der Waals surface area contributed by atoms with Gasteiger partial charge in [-0.15, -0.1) is 24.9 Å². The molecule has 1 spiro atoms. The van der Waals surface area contributed by atoms with E-state index in [1.807, 2.05) is 0 Å². The van der Waals surface area contributed by atoms with Crippen LogP contribution in [-0.4, -0.2) is 81.6 Å². The molecular weight excluding hydrogens is 440 g/mol. The molecule has 3 rings (SSSR count). The van der Waals surface area contributed by atoms with Gasteiger partial charge < -0.3 is 19.6 Å². The largest absolute Gasteiger partial charge is 0.465 e. The van der Waals surface area contributed by atoms with Crippen LogP contribution in [0, 0.1) is 11.8 Å². The molecule has 3 heterocycles. The van der Waals surface area contributed by atoms with Crippen LogP contribution in [0.15, 0.2) is 25.3 Å². The maximum atomic E-state index is 13.9. The summed E-state index contributed by atoms with van der Waals surface area (Å²) in [5.41, 5.74) is 0. The number of hydrogen-bond donors (Lipinski definition) is 1. The maximum absolute atomic E-state index is 13.9. The zero-order chi connectivity index (χ0) is 24.0. The normalized spacial score (nSPS) is 29.8. The monoisotopic (exact) mass is 478 g/mol. The Hall–Kier alpha value is -1.80. The van der Waals surface area contributed by atoms with Crippen LogP contribution in [0.25, 0.3) is 0 Å². The molecule has 2 bridgehead atoms. The highest BCUT2D eigenvalue weighted by atomic mass is 32.2. The molecule has 184 valence electrons. The Morgan fingerprint density at radius 2 is 2.09 bits per heavy atom. The Morgan fingerprint density at radius 3 is 2.76 bits per heavy atom. The summed E-state index contributed by atoms with van der Waals surface area (Å²) >= 11 is 1.63. The first kappa shape index (κ1) is 25.8. The Kier molecular flexibility index (Phi) is 9.04. The fourth-order valence-electron chi connectivity index (χ4n) is 5.72. The van der Waals surface area contributed by atoms with Crippen molar-refractivity contribution in [2.45, 2.75) is 67.9 Å². The molecule has 0 aromatic carbocycles. The Balaban J connectivity index is 1.86. The van der Waals surface area contributed by atoms with Gasteiger partial charge in [0.05, 0.1) is 29.8 Å². The molecule has 3 aliphatic rings. The molecule has 0 saturated carbocycles.